The van der Waals surface area contributed by atoms with Crippen LogP contribution in [0.5, 0.6) is 0 Å². The molecule has 0 aliphatic carbocycles. The number of anilines is 1. The molecule has 0 atom stereocenters. The molecule has 8 heteroatoms. The van der Waals surface area contributed by atoms with E-state index in [1.807, 2.05) is 0 Å². The fraction of sp³-hybridized carbons (Fsp3) is 0.182. The first-order valence-corrected chi connectivity index (χ1v) is 6.93. The number of carboxylic acids is 1. The zero-order chi connectivity index (χ0) is 13.8. The Morgan fingerprint density at radius 1 is 1.42 bits per heavy atom. The maximum atomic E-state index is 11.6. The van der Waals surface area contributed by atoms with Crippen molar-refractivity contribution in [1.29, 1.82) is 0 Å². The molecular formula is C11H11N3O3S2. The lowest BCUT2D eigenvalue weighted by Crippen LogP contribution is -2.15. The van der Waals surface area contributed by atoms with Crippen molar-refractivity contribution in [1.82, 2.24) is 9.97 Å². The molecule has 0 aliphatic rings. The van der Waals surface area contributed by atoms with Gasteiger partial charge in [-0.05, 0) is 18.2 Å². The molecule has 0 radical (unpaired) electrons. The fourth-order valence-corrected chi connectivity index (χ4v) is 2.26. The molecule has 100 valence electrons. The van der Waals surface area contributed by atoms with Gasteiger partial charge < -0.3 is 15.4 Å². The van der Waals surface area contributed by atoms with Crippen molar-refractivity contribution in [3.63, 3.8) is 0 Å². The van der Waals surface area contributed by atoms with Gasteiger partial charge in [0, 0.05) is 5.69 Å². The third-order valence-corrected chi connectivity index (χ3v) is 3.34. The monoisotopic (exact) mass is 297 g/mol. The summed E-state index contributed by atoms with van der Waals surface area (Å²) in [5, 5.41) is 11.7. The number of amides is 1. The Balaban J connectivity index is 1.96. The molecule has 1 aromatic heterocycles. The minimum atomic E-state index is -0.933. The molecule has 0 unspecified atom stereocenters. The highest BCUT2D eigenvalue weighted by molar-refractivity contribution is 8.00. The summed E-state index contributed by atoms with van der Waals surface area (Å²) in [6.07, 6.45) is 0. The molecule has 0 bridgehead atoms. The number of aliphatic carboxylic acids is 1. The summed E-state index contributed by atoms with van der Waals surface area (Å²) in [6.45, 7) is 0. The molecule has 0 saturated heterocycles. The van der Waals surface area contributed by atoms with Crippen LogP contribution >= 0.6 is 24.4 Å². The fourth-order valence-electron chi connectivity index (χ4n) is 1.50. The number of nitrogens with zero attached hydrogens (tertiary/aromatic N) is 1. The van der Waals surface area contributed by atoms with E-state index in [0.29, 0.717) is 16.4 Å². The van der Waals surface area contributed by atoms with Gasteiger partial charge in [0.2, 0.25) is 5.91 Å². The lowest BCUT2D eigenvalue weighted by Gasteiger charge is -2.04. The number of aromatic nitrogens is 2. The van der Waals surface area contributed by atoms with Crippen molar-refractivity contribution in [3.05, 3.63) is 18.2 Å². The minimum absolute atomic E-state index is 0.0885. The summed E-state index contributed by atoms with van der Waals surface area (Å²) in [4.78, 5) is 29.0. The van der Waals surface area contributed by atoms with Crippen molar-refractivity contribution < 1.29 is 14.7 Å². The molecule has 3 N–H and O–H groups in total. The van der Waals surface area contributed by atoms with Gasteiger partial charge >= 0.3 is 5.97 Å². The van der Waals surface area contributed by atoms with Gasteiger partial charge in [-0.15, -0.1) is 24.4 Å². The Morgan fingerprint density at radius 2 is 2.21 bits per heavy atom. The number of nitrogens with one attached hydrogen (secondary N) is 2. The number of imidazole rings is 1. The summed E-state index contributed by atoms with van der Waals surface area (Å²) in [5.74, 6) is -1.17. The summed E-state index contributed by atoms with van der Waals surface area (Å²) < 4.78 is 0. The van der Waals surface area contributed by atoms with Crippen molar-refractivity contribution >= 4 is 53.0 Å². The Morgan fingerprint density at radius 3 is 2.95 bits per heavy atom. The molecule has 2 aromatic rings. The summed E-state index contributed by atoms with van der Waals surface area (Å²) >= 11 is 5.15. The first-order valence-electron chi connectivity index (χ1n) is 5.33. The number of carboxylic acid groups (broad SMARTS) is 1. The first-order chi connectivity index (χ1) is 9.04. The molecule has 6 nitrogen and oxygen atoms in total. The van der Waals surface area contributed by atoms with Gasteiger partial charge in [-0.25, -0.2) is 4.98 Å². The van der Waals surface area contributed by atoms with Gasteiger partial charge in [-0.3, -0.25) is 9.59 Å². The van der Waals surface area contributed by atoms with Gasteiger partial charge in [0.25, 0.3) is 0 Å². The Hall–Kier alpha value is -1.67. The quantitative estimate of drug-likeness (QED) is 0.629. The third-order valence-electron chi connectivity index (χ3n) is 2.21. The number of hydrogen-bond acceptors (Lipinski definition) is 5. The maximum Gasteiger partial charge on any atom is 0.313 e. The first kappa shape index (κ1) is 13.8. The number of carbonyl (C=O) groups is 2. The summed E-state index contributed by atoms with van der Waals surface area (Å²) in [7, 11) is 0. The van der Waals surface area contributed by atoms with E-state index in [1.54, 1.807) is 18.2 Å². The van der Waals surface area contributed by atoms with Crippen molar-refractivity contribution in [2.45, 2.75) is 5.16 Å². The average Bonchev–Trinajstić information content (AvgIpc) is 2.67. The van der Waals surface area contributed by atoms with Gasteiger partial charge in [0.05, 0.1) is 22.5 Å². The number of aromatic amines is 1. The van der Waals surface area contributed by atoms with Gasteiger partial charge in [0.1, 0.15) is 0 Å². The van der Waals surface area contributed by atoms with Crippen LogP contribution in [0, 0.1) is 0 Å². The molecule has 19 heavy (non-hydrogen) atoms. The van der Waals surface area contributed by atoms with Crippen LogP contribution < -0.4 is 5.32 Å². The molecule has 1 amide bonds. The van der Waals surface area contributed by atoms with Crippen molar-refractivity contribution in [2.24, 2.45) is 0 Å². The summed E-state index contributed by atoms with van der Waals surface area (Å²) in [5.41, 5.74) is 2.16. The molecule has 0 spiro atoms. The van der Waals surface area contributed by atoms with Crippen LogP contribution in [-0.2, 0) is 9.59 Å². The number of benzene rings is 1. The van der Waals surface area contributed by atoms with Crippen LogP contribution in [0.4, 0.5) is 5.69 Å². The van der Waals surface area contributed by atoms with Crippen LogP contribution in [-0.4, -0.2) is 38.5 Å². The number of fused-ring (bicyclic) bond motifs is 1. The molecule has 0 saturated carbocycles. The predicted octanol–water partition coefficient (Wildman–Crippen LogP) is 1.61. The van der Waals surface area contributed by atoms with E-state index < -0.39 is 5.97 Å². The lowest BCUT2D eigenvalue weighted by atomic mass is 10.3. The Labute approximate surface area is 118 Å². The second-order valence-electron chi connectivity index (χ2n) is 3.73. The van der Waals surface area contributed by atoms with E-state index >= 15 is 0 Å². The second kappa shape index (κ2) is 5.98. The van der Waals surface area contributed by atoms with Crippen molar-refractivity contribution in [2.75, 3.05) is 16.8 Å². The number of rotatable bonds is 5. The third kappa shape index (κ3) is 3.90. The van der Waals surface area contributed by atoms with E-state index in [1.165, 1.54) is 0 Å². The normalized spacial score (nSPS) is 10.6. The smallest absolute Gasteiger partial charge is 0.313 e. The van der Waals surface area contributed by atoms with Gasteiger partial charge in [-0.2, -0.15) is 0 Å². The average molecular weight is 297 g/mol. The van der Waals surface area contributed by atoms with Crippen LogP contribution in [0.1, 0.15) is 0 Å². The van der Waals surface area contributed by atoms with E-state index in [4.69, 9.17) is 5.11 Å². The maximum absolute atomic E-state index is 11.6. The van der Waals surface area contributed by atoms with Crippen molar-refractivity contribution in [3.8, 4) is 0 Å². The number of carbonyl (C=O) groups excluding carboxylic acids is 1. The van der Waals surface area contributed by atoms with Gasteiger partial charge in [-0.1, -0.05) is 0 Å². The highest BCUT2D eigenvalue weighted by atomic mass is 32.2. The van der Waals surface area contributed by atoms with Crippen LogP contribution in [0.25, 0.3) is 11.0 Å². The Bertz CT molecular complexity index is 627. The Kier molecular flexibility index (Phi) is 4.33. The molecule has 1 aromatic carbocycles. The number of thioether (sulfide) groups is 1. The minimum Gasteiger partial charge on any atom is -0.481 e. The van der Waals surface area contributed by atoms with Crippen LogP contribution in [0.2, 0.25) is 0 Å². The van der Waals surface area contributed by atoms with E-state index in [2.05, 4.69) is 27.9 Å². The van der Waals surface area contributed by atoms with E-state index in [0.717, 1.165) is 17.3 Å². The molecule has 0 aliphatic heterocycles. The SMILES string of the molecule is O=C(O)CSCC(=O)Nc1ccc2[nH]c(S)nc2c1. The van der Waals surface area contributed by atoms with E-state index in [-0.39, 0.29) is 17.4 Å². The topological polar surface area (TPSA) is 95.1 Å². The largest absolute Gasteiger partial charge is 0.481 e. The second-order valence-corrected chi connectivity index (χ2v) is 5.14. The predicted molar refractivity (Wildman–Crippen MR) is 76.9 cm³/mol. The lowest BCUT2D eigenvalue weighted by molar-refractivity contribution is -0.133. The summed E-state index contributed by atoms with van der Waals surface area (Å²) in [6, 6.07) is 5.26. The molecule has 2 rings (SSSR count). The highest BCUT2D eigenvalue weighted by Crippen LogP contribution is 2.18. The standard InChI is InChI=1S/C11H11N3O3S2/c15-9(4-19-5-10(16)17)12-6-1-2-7-8(3-6)14-11(18)13-7/h1-3H,4-5H2,(H,12,15)(H,16,17)(H2,13,14,18). The molecule has 0 fully saturated rings. The number of H-pyrrole nitrogens is 1. The molecule has 1 heterocycles. The zero-order valence-corrected chi connectivity index (χ0v) is 11.4. The van der Waals surface area contributed by atoms with E-state index in [9.17, 15) is 9.59 Å². The number of thiol groups is 1. The van der Waals surface area contributed by atoms with Crippen LogP contribution in [0.15, 0.2) is 23.4 Å². The zero-order valence-electron chi connectivity index (χ0n) is 9.71. The molecular weight excluding hydrogens is 286 g/mol. The van der Waals surface area contributed by atoms with Crippen LogP contribution in [0.3, 0.4) is 0 Å². The highest BCUT2D eigenvalue weighted by Gasteiger charge is 2.06. The van der Waals surface area contributed by atoms with Gasteiger partial charge in [0.15, 0.2) is 5.16 Å². The number of hydrogen-bond donors (Lipinski definition) is 4.